The van der Waals surface area contributed by atoms with Gasteiger partial charge in [-0.2, -0.15) is 0 Å². The topological polar surface area (TPSA) is 90.0 Å². The summed E-state index contributed by atoms with van der Waals surface area (Å²) in [6.45, 7) is 3.84. The van der Waals surface area contributed by atoms with E-state index in [-0.39, 0.29) is 4.90 Å². The van der Waals surface area contributed by atoms with Crippen LogP contribution in [0.4, 0.5) is 5.69 Å². The van der Waals surface area contributed by atoms with Crippen LogP contribution in [-0.2, 0) is 10.0 Å². The maximum Gasteiger partial charge on any atom is 0.240 e. The summed E-state index contributed by atoms with van der Waals surface area (Å²) in [7, 11) is -2.12. The van der Waals surface area contributed by atoms with Crippen molar-refractivity contribution in [1.29, 1.82) is 0 Å². The Morgan fingerprint density at radius 1 is 1.32 bits per heavy atom. The molecule has 0 amide bonds. The summed E-state index contributed by atoms with van der Waals surface area (Å²) in [6, 6.07) is 4.63. The highest BCUT2D eigenvalue weighted by atomic mass is 32.2. The Balaban J connectivity index is 2.55. The molecule has 19 heavy (non-hydrogen) atoms. The van der Waals surface area contributed by atoms with Crippen molar-refractivity contribution in [2.75, 3.05) is 12.8 Å². The van der Waals surface area contributed by atoms with E-state index in [1.807, 2.05) is 18.4 Å². The van der Waals surface area contributed by atoms with Crippen molar-refractivity contribution in [2.45, 2.75) is 18.7 Å². The first kappa shape index (κ1) is 13.6. The van der Waals surface area contributed by atoms with Gasteiger partial charge in [0.25, 0.3) is 0 Å². The molecule has 0 saturated heterocycles. The number of sulfonamides is 1. The zero-order chi connectivity index (χ0) is 14.2. The normalized spacial score (nSPS) is 11.7. The minimum Gasteiger partial charge on any atom is -0.397 e. The number of benzene rings is 1. The number of hydrogen-bond acceptors (Lipinski definition) is 4. The summed E-state index contributed by atoms with van der Waals surface area (Å²) in [5, 5.41) is 0. The molecule has 0 atom stereocenters. The number of nitrogen functional groups attached to an aromatic ring is 1. The Labute approximate surface area is 112 Å². The van der Waals surface area contributed by atoms with E-state index in [0.29, 0.717) is 11.4 Å². The number of nitrogens with zero attached hydrogens (tertiary/aromatic N) is 2. The van der Waals surface area contributed by atoms with Crippen molar-refractivity contribution < 1.29 is 8.42 Å². The first-order chi connectivity index (χ1) is 8.86. The quantitative estimate of drug-likeness (QED) is 0.820. The third-order valence-electron chi connectivity index (χ3n) is 3.09. The Morgan fingerprint density at radius 3 is 2.47 bits per heavy atom. The Morgan fingerprint density at radius 2 is 2.00 bits per heavy atom. The molecule has 3 N–H and O–H groups in total. The fourth-order valence-corrected chi connectivity index (χ4v) is 2.54. The fourth-order valence-electron chi connectivity index (χ4n) is 1.78. The summed E-state index contributed by atoms with van der Waals surface area (Å²) in [5.41, 5.74) is 8.92. The predicted octanol–water partition coefficient (Wildman–Crippen LogP) is 0.979. The predicted molar refractivity (Wildman–Crippen MR) is 73.7 cm³/mol. The molecular weight excluding hydrogens is 264 g/mol. The average molecular weight is 280 g/mol. The lowest BCUT2D eigenvalue weighted by Crippen LogP contribution is -2.19. The molecule has 2 aromatic rings. The minimum atomic E-state index is -3.48. The van der Waals surface area contributed by atoms with Crippen LogP contribution in [0, 0.1) is 13.8 Å². The molecule has 1 aromatic heterocycles. The van der Waals surface area contributed by atoms with Crippen molar-refractivity contribution in [3.63, 3.8) is 0 Å². The molecular formula is C12H16N4O2S. The summed E-state index contributed by atoms with van der Waals surface area (Å²) in [4.78, 5) is 4.34. The van der Waals surface area contributed by atoms with Gasteiger partial charge in [0.05, 0.1) is 28.3 Å². The van der Waals surface area contributed by atoms with Gasteiger partial charge in [0.2, 0.25) is 10.0 Å². The van der Waals surface area contributed by atoms with Crippen LogP contribution in [0.15, 0.2) is 29.4 Å². The molecule has 1 heterocycles. The van der Waals surface area contributed by atoms with Crippen LogP contribution in [-0.4, -0.2) is 25.0 Å². The lowest BCUT2D eigenvalue weighted by Gasteiger charge is -2.11. The van der Waals surface area contributed by atoms with Crippen molar-refractivity contribution in [2.24, 2.45) is 0 Å². The van der Waals surface area contributed by atoms with E-state index in [1.54, 1.807) is 12.4 Å². The van der Waals surface area contributed by atoms with Crippen LogP contribution in [0.1, 0.15) is 11.4 Å². The molecule has 0 saturated carbocycles. The van der Waals surface area contributed by atoms with Crippen LogP contribution in [0.25, 0.3) is 5.69 Å². The third-order valence-corrected chi connectivity index (χ3v) is 4.50. The second-order valence-electron chi connectivity index (χ2n) is 4.21. The molecule has 0 aliphatic carbocycles. The smallest absolute Gasteiger partial charge is 0.240 e. The van der Waals surface area contributed by atoms with E-state index in [0.717, 1.165) is 11.4 Å². The second-order valence-corrected chi connectivity index (χ2v) is 6.10. The van der Waals surface area contributed by atoms with E-state index in [4.69, 9.17) is 5.73 Å². The number of hydrogen-bond donors (Lipinski definition) is 2. The van der Waals surface area contributed by atoms with Crippen LogP contribution >= 0.6 is 0 Å². The van der Waals surface area contributed by atoms with Gasteiger partial charge in [-0.3, -0.25) is 0 Å². The van der Waals surface area contributed by atoms with Crippen LogP contribution in [0.5, 0.6) is 0 Å². The van der Waals surface area contributed by atoms with E-state index in [1.165, 1.54) is 19.2 Å². The fraction of sp³-hybridized carbons (Fsp3) is 0.250. The summed E-state index contributed by atoms with van der Waals surface area (Å²) >= 11 is 0. The minimum absolute atomic E-state index is 0.144. The van der Waals surface area contributed by atoms with Crippen molar-refractivity contribution >= 4 is 15.7 Å². The van der Waals surface area contributed by atoms with Gasteiger partial charge in [-0.15, -0.1) is 0 Å². The monoisotopic (exact) mass is 280 g/mol. The molecule has 0 aliphatic rings. The van der Waals surface area contributed by atoms with Gasteiger partial charge >= 0.3 is 0 Å². The number of nitrogens with two attached hydrogens (primary N) is 1. The molecule has 0 aliphatic heterocycles. The Hall–Kier alpha value is -1.86. The van der Waals surface area contributed by atoms with Gasteiger partial charge in [0.15, 0.2) is 0 Å². The van der Waals surface area contributed by atoms with Gasteiger partial charge in [-0.05, 0) is 39.1 Å². The van der Waals surface area contributed by atoms with E-state index in [9.17, 15) is 8.42 Å². The van der Waals surface area contributed by atoms with Gasteiger partial charge in [-0.1, -0.05) is 0 Å². The molecule has 1 aromatic carbocycles. The van der Waals surface area contributed by atoms with Crippen LogP contribution in [0.3, 0.4) is 0 Å². The van der Waals surface area contributed by atoms with Crippen LogP contribution in [0.2, 0.25) is 0 Å². The highest BCUT2D eigenvalue weighted by Gasteiger charge is 2.14. The molecule has 0 radical (unpaired) electrons. The molecule has 7 heteroatoms. The highest BCUT2D eigenvalue weighted by molar-refractivity contribution is 7.89. The van der Waals surface area contributed by atoms with Gasteiger partial charge in [-0.25, -0.2) is 18.1 Å². The van der Waals surface area contributed by atoms with E-state index in [2.05, 4.69) is 9.71 Å². The molecule has 0 bridgehead atoms. The number of anilines is 1. The number of nitrogens with one attached hydrogen (secondary N) is 1. The zero-order valence-electron chi connectivity index (χ0n) is 11.0. The maximum atomic E-state index is 11.7. The van der Waals surface area contributed by atoms with E-state index >= 15 is 0 Å². The lowest BCUT2D eigenvalue weighted by molar-refractivity contribution is 0.588. The summed E-state index contributed by atoms with van der Waals surface area (Å²) < 4.78 is 27.5. The highest BCUT2D eigenvalue weighted by Crippen LogP contribution is 2.23. The maximum absolute atomic E-state index is 11.7. The standard InChI is InChI=1S/C12H16N4O2S/c1-8-9(2)16(7-15-8)12-5-4-10(6-11(12)13)19(17,18)14-3/h4-7,14H,13H2,1-3H3. The van der Waals surface area contributed by atoms with E-state index < -0.39 is 10.0 Å². The Kier molecular flexibility index (Phi) is 3.34. The van der Waals surface area contributed by atoms with Gasteiger partial charge < -0.3 is 10.3 Å². The van der Waals surface area contributed by atoms with Crippen molar-refractivity contribution in [1.82, 2.24) is 14.3 Å². The molecule has 0 unspecified atom stereocenters. The SMILES string of the molecule is CNS(=O)(=O)c1ccc(-n2cnc(C)c2C)c(N)c1. The molecule has 0 spiro atoms. The van der Waals surface area contributed by atoms with Gasteiger partial charge in [0, 0.05) is 5.69 Å². The molecule has 6 nitrogen and oxygen atoms in total. The summed E-state index contributed by atoms with van der Waals surface area (Å²) in [6.07, 6.45) is 1.67. The zero-order valence-corrected chi connectivity index (χ0v) is 11.8. The summed E-state index contributed by atoms with van der Waals surface area (Å²) in [5.74, 6) is 0. The number of aryl methyl sites for hydroxylation is 1. The average Bonchev–Trinajstić information content (AvgIpc) is 2.70. The van der Waals surface area contributed by atoms with Crippen LogP contribution < -0.4 is 10.5 Å². The molecule has 0 fully saturated rings. The first-order valence-corrected chi connectivity index (χ1v) is 7.19. The number of rotatable bonds is 3. The number of imidazole rings is 1. The molecule has 102 valence electrons. The van der Waals surface area contributed by atoms with Crippen molar-refractivity contribution in [3.8, 4) is 5.69 Å². The molecule has 2 rings (SSSR count). The third kappa shape index (κ3) is 2.34. The second kappa shape index (κ2) is 4.67. The van der Waals surface area contributed by atoms with Crippen molar-refractivity contribution in [3.05, 3.63) is 35.9 Å². The largest absolute Gasteiger partial charge is 0.397 e. The number of aromatic nitrogens is 2. The van der Waals surface area contributed by atoms with Gasteiger partial charge in [0.1, 0.15) is 0 Å². The lowest BCUT2D eigenvalue weighted by atomic mass is 10.2. The Bertz CT molecular complexity index is 719. The first-order valence-electron chi connectivity index (χ1n) is 5.71.